The molecule has 0 aliphatic rings. The number of benzene rings is 2. The highest BCUT2D eigenvalue weighted by Gasteiger charge is 2.30. The molecule has 0 radical (unpaired) electrons. The van der Waals surface area contributed by atoms with Gasteiger partial charge in [-0.15, -0.1) is 16.4 Å². The molecule has 0 bridgehead atoms. The number of ether oxygens (including phenoxy) is 2. The van der Waals surface area contributed by atoms with Crippen LogP contribution >= 0.6 is 11.3 Å². The number of aromatic nitrogens is 3. The van der Waals surface area contributed by atoms with Crippen LogP contribution in [0.15, 0.2) is 66.0 Å². The van der Waals surface area contributed by atoms with Crippen molar-refractivity contribution in [2.75, 3.05) is 25.1 Å². The highest BCUT2D eigenvalue weighted by Crippen LogP contribution is 2.31. The van der Waals surface area contributed by atoms with E-state index in [9.17, 15) is 18.0 Å². The molecule has 4 rings (SSSR count). The van der Waals surface area contributed by atoms with Gasteiger partial charge in [0, 0.05) is 22.7 Å². The Balaban J connectivity index is 1.56. The number of rotatable bonds is 10. The quantitative estimate of drug-likeness (QED) is 0.277. The molecule has 188 valence electrons. The van der Waals surface area contributed by atoms with Crippen molar-refractivity contribution in [2.45, 2.75) is 19.5 Å². The topological polar surface area (TPSA) is 78.3 Å². The number of nitrogens with zero attached hydrogens (tertiary/aromatic N) is 3. The Morgan fingerprint density at radius 1 is 1.06 bits per heavy atom. The molecule has 1 amide bonds. The van der Waals surface area contributed by atoms with E-state index in [1.54, 1.807) is 24.3 Å². The normalized spacial score (nSPS) is 11.4. The second-order valence-electron chi connectivity index (χ2n) is 7.60. The van der Waals surface area contributed by atoms with Crippen molar-refractivity contribution in [1.82, 2.24) is 14.8 Å². The lowest BCUT2D eigenvalue weighted by Gasteiger charge is -2.09. The molecule has 36 heavy (non-hydrogen) atoms. The fourth-order valence-corrected chi connectivity index (χ4v) is 4.03. The summed E-state index contributed by atoms with van der Waals surface area (Å²) in [7, 11) is 0. The minimum atomic E-state index is -4.44. The monoisotopic (exact) mass is 516 g/mol. The summed E-state index contributed by atoms with van der Waals surface area (Å²) >= 11 is 1.51. The lowest BCUT2D eigenvalue weighted by atomic mass is 10.1. The second kappa shape index (κ2) is 11.4. The fraction of sp³-hybridized carbons (Fsp3) is 0.240. The standard InChI is InChI=1S/C25H23F3N4O3S/c1-2-34-13-14-35-24-30-23(17-5-7-18(8-6-17)25(26,27)28)32(31-24)20-11-9-19(10-12-20)29-22(33)16-21-4-3-15-36-21/h3-12,15H,2,13-14,16H2,1H3,(H,29,33). The molecule has 7 nitrogen and oxygen atoms in total. The average Bonchev–Trinajstić information content (AvgIpc) is 3.52. The third kappa shape index (κ3) is 6.49. The molecular weight excluding hydrogens is 493 g/mol. The van der Waals surface area contributed by atoms with Gasteiger partial charge in [-0.25, -0.2) is 4.68 Å². The van der Waals surface area contributed by atoms with E-state index in [4.69, 9.17) is 9.47 Å². The largest absolute Gasteiger partial charge is 0.460 e. The zero-order valence-electron chi connectivity index (χ0n) is 19.3. The van der Waals surface area contributed by atoms with Crippen LogP contribution in [0.1, 0.15) is 17.4 Å². The first-order chi connectivity index (χ1) is 17.3. The van der Waals surface area contributed by atoms with Crippen LogP contribution in [-0.2, 0) is 22.1 Å². The lowest BCUT2D eigenvalue weighted by molar-refractivity contribution is -0.137. The van der Waals surface area contributed by atoms with E-state index >= 15 is 0 Å². The third-order valence-electron chi connectivity index (χ3n) is 5.03. The summed E-state index contributed by atoms with van der Waals surface area (Å²) in [6.07, 6.45) is -4.16. The maximum absolute atomic E-state index is 13.0. The molecule has 0 aliphatic heterocycles. The smallest absolute Gasteiger partial charge is 0.416 e. The van der Waals surface area contributed by atoms with E-state index in [-0.39, 0.29) is 24.9 Å². The van der Waals surface area contributed by atoms with Gasteiger partial charge in [-0.05, 0) is 54.8 Å². The fourth-order valence-electron chi connectivity index (χ4n) is 3.33. The summed E-state index contributed by atoms with van der Waals surface area (Å²) in [5.41, 5.74) is 0.870. The third-order valence-corrected chi connectivity index (χ3v) is 5.91. The van der Waals surface area contributed by atoms with E-state index in [0.29, 0.717) is 36.0 Å². The number of nitrogens with one attached hydrogen (secondary N) is 1. The Morgan fingerprint density at radius 2 is 1.81 bits per heavy atom. The van der Waals surface area contributed by atoms with Crippen molar-refractivity contribution in [1.29, 1.82) is 0 Å². The highest BCUT2D eigenvalue weighted by atomic mass is 32.1. The van der Waals surface area contributed by atoms with E-state index in [1.807, 2.05) is 24.4 Å². The summed E-state index contributed by atoms with van der Waals surface area (Å²) in [4.78, 5) is 17.6. The Kier molecular flexibility index (Phi) is 8.01. The molecule has 0 unspecified atom stereocenters. The molecule has 0 atom stereocenters. The summed E-state index contributed by atoms with van der Waals surface area (Å²) in [5.74, 6) is 0.172. The molecule has 11 heteroatoms. The summed E-state index contributed by atoms with van der Waals surface area (Å²) in [6.45, 7) is 2.97. The number of hydrogen-bond donors (Lipinski definition) is 1. The number of carbonyl (C=O) groups excluding carboxylic acids is 1. The minimum Gasteiger partial charge on any atom is -0.460 e. The first-order valence-electron chi connectivity index (χ1n) is 11.1. The van der Waals surface area contributed by atoms with Crippen molar-refractivity contribution in [3.63, 3.8) is 0 Å². The van der Waals surface area contributed by atoms with Crippen LogP contribution in [-0.4, -0.2) is 40.5 Å². The van der Waals surface area contributed by atoms with Gasteiger partial charge >= 0.3 is 12.2 Å². The van der Waals surface area contributed by atoms with Gasteiger partial charge < -0.3 is 14.8 Å². The minimum absolute atomic E-state index is 0.0675. The maximum Gasteiger partial charge on any atom is 0.416 e. The summed E-state index contributed by atoms with van der Waals surface area (Å²) in [5, 5.41) is 9.15. The number of carbonyl (C=O) groups is 1. The predicted octanol–water partition coefficient (Wildman–Crippen LogP) is 5.61. The number of amides is 1. The van der Waals surface area contributed by atoms with Gasteiger partial charge in [0.05, 0.1) is 24.3 Å². The zero-order valence-corrected chi connectivity index (χ0v) is 20.1. The van der Waals surface area contributed by atoms with Crippen molar-refractivity contribution in [3.8, 4) is 23.1 Å². The zero-order chi connectivity index (χ0) is 25.5. The van der Waals surface area contributed by atoms with Crippen molar-refractivity contribution < 1.29 is 27.4 Å². The lowest BCUT2D eigenvalue weighted by Crippen LogP contribution is -2.13. The molecule has 0 saturated carbocycles. The van der Waals surface area contributed by atoms with Crippen LogP contribution in [0.3, 0.4) is 0 Å². The van der Waals surface area contributed by atoms with Crippen LogP contribution in [0.5, 0.6) is 6.01 Å². The molecule has 2 aromatic carbocycles. The SMILES string of the molecule is CCOCCOc1nc(-c2ccc(C(F)(F)F)cc2)n(-c2ccc(NC(=O)Cc3cccs3)cc2)n1. The second-order valence-corrected chi connectivity index (χ2v) is 8.63. The van der Waals surface area contributed by atoms with Crippen LogP contribution in [0.4, 0.5) is 18.9 Å². The molecule has 0 fully saturated rings. The van der Waals surface area contributed by atoms with Gasteiger partial charge in [0.1, 0.15) is 6.61 Å². The van der Waals surface area contributed by atoms with Crippen molar-refractivity contribution in [3.05, 3.63) is 76.5 Å². The maximum atomic E-state index is 13.0. The highest BCUT2D eigenvalue weighted by molar-refractivity contribution is 7.10. The van der Waals surface area contributed by atoms with Gasteiger partial charge in [-0.1, -0.05) is 18.2 Å². The molecule has 2 heterocycles. The number of hydrogen-bond acceptors (Lipinski definition) is 6. The van der Waals surface area contributed by atoms with Gasteiger partial charge in [0.25, 0.3) is 0 Å². The Bertz CT molecular complexity index is 1270. The Hall–Kier alpha value is -3.70. The molecule has 1 N–H and O–H groups in total. The molecule has 0 aliphatic carbocycles. The van der Waals surface area contributed by atoms with Crippen molar-refractivity contribution >= 4 is 22.9 Å². The number of thiophene rings is 1. The molecule has 0 spiro atoms. The molecule has 4 aromatic rings. The van der Waals surface area contributed by atoms with E-state index < -0.39 is 11.7 Å². The molecule has 0 saturated heterocycles. The van der Waals surface area contributed by atoms with Crippen LogP contribution < -0.4 is 10.1 Å². The van der Waals surface area contributed by atoms with E-state index in [1.165, 1.54) is 28.2 Å². The van der Waals surface area contributed by atoms with E-state index in [0.717, 1.165) is 17.0 Å². The van der Waals surface area contributed by atoms with Crippen LogP contribution in [0.25, 0.3) is 17.1 Å². The van der Waals surface area contributed by atoms with Crippen LogP contribution in [0, 0.1) is 0 Å². The van der Waals surface area contributed by atoms with Crippen LogP contribution in [0.2, 0.25) is 0 Å². The van der Waals surface area contributed by atoms with Crippen molar-refractivity contribution in [2.24, 2.45) is 0 Å². The Morgan fingerprint density at radius 3 is 2.44 bits per heavy atom. The predicted molar refractivity (Wildman–Crippen MR) is 130 cm³/mol. The summed E-state index contributed by atoms with van der Waals surface area (Å²) < 4.78 is 51.3. The van der Waals surface area contributed by atoms with Gasteiger partial charge in [-0.2, -0.15) is 18.2 Å². The first-order valence-corrected chi connectivity index (χ1v) is 12.0. The van der Waals surface area contributed by atoms with Gasteiger partial charge in [-0.3, -0.25) is 4.79 Å². The first kappa shape index (κ1) is 25.4. The molecule has 2 aromatic heterocycles. The number of halogens is 3. The number of alkyl halides is 3. The average molecular weight is 517 g/mol. The Labute approximate surface area is 209 Å². The number of anilines is 1. The van der Waals surface area contributed by atoms with Gasteiger partial charge in [0.15, 0.2) is 5.82 Å². The van der Waals surface area contributed by atoms with Gasteiger partial charge in [0.2, 0.25) is 5.91 Å². The van der Waals surface area contributed by atoms with E-state index in [2.05, 4.69) is 15.4 Å². The molecular formula is C25H23F3N4O3S. The summed E-state index contributed by atoms with van der Waals surface area (Å²) in [6, 6.07) is 15.4.